The minimum Gasteiger partial charge on any atom is -0.478 e. The Kier molecular flexibility index (Phi) is 14.9. The molecule has 0 aliphatic carbocycles. The molecule has 0 aromatic heterocycles. The summed E-state index contributed by atoms with van der Waals surface area (Å²) in [4.78, 5) is 50.1. The highest BCUT2D eigenvalue weighted by Gasteiger charge is 1.97. The molecule has 0 spiro atoms. The zero-order valence-electron chi connectivity index (χ0n) is 14.6. The second-order valence-electron chi connectivity index (χ2n) is 4.37. The summed E-state index contributed by atoms with van der Waals surface area (Å²) in [7, 11) is 0. The number of carbonyl (C=O) groups is 4. The minimum atomic E-state index is -1.29. The molecule has 0 aliphatic rings. The molecule has 13 heteroatoms. The van der Waals surface area contributed by atoms with Gasteiger partial charge in [0.2, 0.25) is 0 Å². The number of ether oxygens (including phenoxy) is 3. The molecule has 13 nitrogen and oxygen atoms in total. The van der Waals surface area contributed by atoms with Gasteiger partial charge in [-0.1, -0.05) is 0 Å². The molecule has 0 bridgehead atoms. The van der Waals surface area contributed by atoms with Crippen molar-refractivity contribution >= 4 is 30.3 Å². The topological polar surface area (TPSA) is 183 Å². The molecule has 0 saturated heterocycles. The molecule has 0 saturated carbocycles. The van der Waals surface area contributed by atoms with Gasteiger partial charge in [0, 0.05) is 29.6 Å². The fraction of sp³-hybridized carbons (Fsp3) is 0.400. The van der Waals surface area contributed by atoms with Crippen molar-refractivity contribution in [2.75, 3.05) is 39.5 Å². The number of hydrogen-bond donors (Lipinski definition) is 2. The summed E-state index contributed by atoms with van der Waals surface area (Å²) in [6, 6.07) is 0. The monoisotopic (exact) mass is 401 g/mol. The summed E-state index contributed by atoms with van der Waals surface area (Å²) in [6.07, 6.45) is 3.59. The second kappa shape index (κ2) is 17.0. The van der Waals surface area contributed by atoms with Crippen LogP contribution in [-0.4, -0.2) is 80.0 Å². The fourth-order valence-electron chi connectivity index (χ4n) is 1.14. The highest BCUT2D eigenvalue weighted by Crippen LogP contribution is 1.87. The lowest BCUT2D eigenvalue weighted by Crippen LogP contribution is -2.09. The van der Waals surface area contributed by atoms with Crippen LogP contribution in [0.1, 0.15) is 0 Å². The molecule has 0 atom stereocenters. The number of aliphatic imine (C=N–C) groups is 1. The second-order valence-corrected chi connectivity index (χ2v) is 4.37. The normalized spacial score (nSPS) is 11.6. The summed E-state index contributed by atoms with van der Waals surface area (Å²) in [5, 5.41) is 23.2. The van der Waals surface area contributed by atoms with Crippen LogP contribution in [0.25, 0.3) is 0 Å². The van der Waals surface area contributed by atoms with Crippen LogP contribution in [0.5, 0.6) is 0 Å². The number of rotatable bonds is 15. The van der Waals surface area contributed by atoms with Gasteiger partial charge >= 0.3 is 23.9 Å². The van der Waals surface area contributed by atoms with Gasteiger partial charge in [-0.15, -0.1) is 0 Å². The van der Waals surface area contributed by atoms with E-state index >= 15 is 0 Å². The first-order valence-electron chi connectivity index (χ1n) is 7.66. The smallest absolute Gasteiger partial charge is 0.360 e. The van der Waals surface area contributed by atoms with Crippen molar-refractivity contribution in [3.8, 4) is 0 Å². The molecule has 0 aromatic rings. The van der Waals surface area contributed by atoms with E-state index in [0.717, 1.165) is 12.5 Å². The van der Waals surface area contributed by atoms with Gasteiger partial charge in [-0.05, 0) is 0 Å². The van der Waals surface area contributed by atoms with E-state index in [9.17, 15) is 19.2 Å². The van der Waals surface area contributed by atoms with Crippen molar-refractivity contribution in [1.82, 2.24) is 0 Å². The molecule has 0 amide bonds. The highest BCUT2D eigenvalue weighted by molar-refractivity contribution is 5.93. The van der Waals surface area contributed by atoms with E-state index in [0.29, 0.717) is 18.2 Å². The summed E-state index contributed by atoms with van der Waals surface area (Å²) >= 11 is 0. The first-order chi connectivity index (χ1) is 13.4. The van der Waals surface area contributed by atoms with Crippen molar-refractivity contribution < 1.29 is 48.4 Å². The van der Waals surface area contributed by atoms with E-state index in [-0.39, 0.29) is 39.5 Å². The van der Waals surface area contributed by atoms with Gasteiger partial charge < -0.3 is 24.4 Å². The molecule has 0 aliphatic heterocycles. The Labute approximate surface area is 158 Å². The summed E-state index contributed by atoms with van der Waals surface area (Å²) in [5.41, 5.74) is 0. The van der Waals surface area contributed by atoms with Crippen molar-refractivity contribution in [3.63, 3.8) is 0 Å². The Bertz CT molecular complexity index is 574. The van der Waals surface area contributed by atoms with Gasteiger partial charge in [-0.25, -0.2) is 19.2 Å². The standard InChI is InChI=1S/C15H19N3O10/c19-12(20)1-3-14(23)27-11-16-5-7-25-9-10-26-8-6-17-18-28-15(24)4-2-13(21)22/h1-4,11H,5-10H2,(H,19,20)(H,21,22)/b3-1-,4-2-,16-11?,18-17?. The molecule has 2 N–H and O–H groups in total. The van der Waals surface area contributed by atoms with Crippen LogP contribution in [0.15, 0.2) is 39.7 Å². The SMILES string of the molecule is O=C(O)/C=C\C(=O)OC=NCCOCCOCCN=NOC(=O)/C=C\C(=O)O. The summed E-state index contributed by atoms with van der Waals surface area (Å²) in [6.45, 7) is 1.36. The molecule has 0 rings (SSSR count). The Balaban J connectivity index is 3.48. The molecule has 0 unspecified atom stereocenters. The molecular weight excluding hydrogens is 382 g/mol. The zero-order valence-corrected chi connectivity index (χ0v) is 14.6. The highest BCUT2D eigenvalue weighted by atomic mass is 16.7. The first-order valence-corrected chi connectivity index (χ1v) is 7.66. The fourth-order valence-corrected chi connectivity index (χ4v) is 1.14. The van der Waals surface area contributed by atoms with Gasteiger partial charge in [0.05, 0.1) is 39.5 Å². The quantitative estimate of drug-likeness (QED) is 0.0707. The average molecular weight is 401 g/mol. The van der Waals surface area contributed by atoms with Gasteiger partial charge in [-0.3, -0.25) is 9.83 Å². The Morgan fingerprint density at radius 1 is 0.750 bits per heavy atom. The van der Waals surface area contributed by atoms with Crippen molar-refractivity contribution in [1.29, 1.82) is 0 Å². The lowest BCUT2D eigenvalue weighted by Gasteiger charge is -2.02. The maximum absolute atomic E-state index is 11.0. The van der Waals surface area contributed by atoms with Crippen LogP contribution in [0.3, 0.4) is 0 Å². The third kappa shape index (κ3) is 18.9. The predicted molar refractivity (Wildman–Crippen MR) is 90.5 cm³/mol. The molecule has 28 heavy (non-hydrogen) atoms. The number of hydrogen-bond acceptors (Lipinski definition) is 11. The van der Waals surface area contributed by atoms with Crippen LogP contribution in [-0.2, 0) is 38.2 Å². The molecule has 0 radical (unpaired) electrons. The lowest BCUT2D eigenvalue weighted by molar-refractivity contribution is -0.139. The number of carbonyl (C=O) groups excluding carboxylic acids is 2. The molecule has 0 heterocycles. The number of aliphatic carboxylic acids is 2. The summed E-state index contributed by atoms with van der Waals surface area (Å²) < 4.78 is 14.8. The minimum absolute atomic E-state index is 0.127. The number of carboxylic acid groups (broad SMARTS) is 2. The average Bonchev–Trinajstić information content (AvgIpc) is 2.64. The molecule has 0 aromatic carbocycles. The third-order valence-corrected chi connectivity index (χ3v) is 2.23. The Morgan fingerprint density at radius 3 is 1.93 bits per heavy atom. The van der Waals surface area contributed by atoms with E-state index in [1.54, 1.807) is 0 Å². The van der Waals surface area contributed by atoms with E-state index < -0.39 is 23.9 Å². The first kappa shape index (κ1) is 24.6. The van der Waals surface area contributed by atoms with Crippen LogP contribution in [0, 0.1) is 0 Å². The van der Waals surface area contributed by atoms with E-state index in [2.05, 4.69) is 25.0 Å². The molecule has 154 valence electrons. The predicted octanol–water partition coefficient (Wildman–Crippen LogP) is -0.217. The van der Waals surface area contributed by atoms with Gasteiger partial charge in [-0.2, -0.15) is 5.11 Å². The van der Waals surface area contributed by atoms with Crippen LogP contribution < -0.4 is 0 Å². The van der Waals surface area contributed by atoms with Gasteiger partial charge in [0.1, 0.15) is 0 Å². The van der Waals surface area contributed by atoms with Crippen LogP contribution >= 0.6 is 0 Å². The Hall–Kier alpha value is -3.45. The van der Waals surface area contributed by atoms with Crippen molar-refractivity contribution in [2.24, 2.45) is 15.4 Å². The Morgan fingerprint density at radius 2 is 1.32 bits per heavy atom. The maximum atomic E-state index is 11.0. The number of esters is 1. The largest absolute Gasteiger partial charge is 0.478 e. The van der Waals surface area contributed by atoms with Gasteiger partial charge in [0.15, 0.2) is 6.40 Å². The van der Waals surface area contributed by atoms with Crippen LogP contribution in [0.4, 0.5) is 0 Å². The van der Waals surface area contributed by atoms with Gasteiger partial charge in [0.25, 0.3) is 0 Å². The maximum Gasteiger partial charge on any atom is 0.360 e. The number of nitrogens with zero attached hydrogens (tertiary/aromatic N) is 3. The van der Waals surface area contributed by atoms with E-state index in [1.165, 1.54) is 0 Å². The lowest BCUT2D eigenvalue weighted by atomic mass is 10.5. The van der Waals surface area contributed by atoms with Crippen molar-refractivity contribution in [2.45, 2.75) is 0 Å². The van der Waals surface area contributed by atoms with Crippen LogP contribution in [0.2, 0.25) is 0 Å². The molecular formula is C15H19N3O10. The summed E-state index contributed by atoms with van der Waals surface area (Å²) in [5.74, 6) is -4.37. The van der Waals surface area contributed by atoms with E-state index in [1.807, 2.05) is 0 Å². The zero-order chi connectivity index (χ0) is 21.0. The van der Waals surface area contributed by atoms with Crippen molar-refractivity contribution in [3.05, 3.63) is 24.3 Å². The van der Waals surface area contributed by atoms with E-state index in [4.69, 9.17) is 19.7 Å². The molecule has 0 fully saturated rings. The third-order valence-electron chi connectivity index (χ3n) is 2.23. The number of carboxylic acids is 2.